The fourth-order valence-electron chi connectivity index (χ4n) is 4.77. The van der Waals surface area contributed by atoms with Gasteiger partial charge in [-0.2, -0.15) is 0 Å². The number of aromatic nitrogens is 8. The lowest BCUT2D eigenvalue weighted by molar-refractivity contribution is -0.0950. The van der Waals surface area contributed by atoms with Crippen molar-refractivity contribution < 1.29 is 40.1 Å². The summed E-state index contributed by atoms with van der Waals surface area (Å²) in [5, 5.41) is 59.5. The molecule has 18 heteroatoms. The minimum Gasteiger partial charge on any atom is -0.394 e. The van der Waals surface area contributed by atoms with Crippen LogP contribution in [0.3, 0.4) is 0 Å². The van der Waals surface area contributed by atoms with Crippen molar-refractivity contribution in [3.63, 3.8) is 0 Å². The predicted molar refractivity (Wildman–Crippen MR) is 136 cm³/mol. The van der Waals surface area contributed by atoms with E-state index in [0.717, 1.165) is 0 Å². The standard InChI is InChI=1S/2C11H13ClN4O4/c2*1-11(19)7(18)5(2-17)20-10(11)16-4-15-6-8(12)13-3-14-9(6)16/h2*3-5,7,10,17-19H,2H2,1H3/t5-,7-,10+,11+;5-,7-,10-,11+/m11/s1. The molecule has 0 aromatic carbocycles. The van der Waals surface area contributed by atoms with Crippen LogP contribution in [0.1, 0.15) is 26.3 Å². The Kier molecular flexibility index (Phi) is 7.68. The number of aliphatic hydroxyl groups is 6. The molecule has 0 bridgehead atoms. The number of rotatable bonds is 4. The van der Waals surface area contributed by atoms with Gasteiger partial charge in [-0.25, -0.2) is 29.9 Å². The molecule has 6 N–H and O–H groups in total. The Morgan fingerprint density at radius 2 is 1.10 bits per heavy atom. The highest BCUT2D eigenvalue weighted by molar-refractivity contribution is 6.33. The fourth-order valence-corrected chi connectivity index (χ4v) is 5.12. The average molecular weight is 601 g/mol. The van der Waals surface area contributed by atoms with Gasteiger partial charge in [-0.15, -0.1) is 0 Å². The van der Waals surface area contributed by atoms with E-state index in [2.05, 4.69) is 29.9 Å². The lowest BCUT2D eigenvalue weighted by Crippen LogP contribution is -2.44. The van der Waals surface area contributed by atoms with Gasteiger partial charge < -0.3 is 40.1 Å². The van der Waals surface area contributed by atoms with Crippen LogP contribution in [-0.2, 0) is 9.47 Å². The first-order valence-corrected chi connectivity index (χ1v) is 12.7. The van der Waals surface area contributed by atoms with E-state index in [1.54, 1.807) is 0 Å². The third-order valence-corrected chi connectivity index (χ3v) is 7.56. The first-order valence-electron chi connectivity index (χ1n) is 11.9. The van der Waals surface area contributed by atoms with Gasteiger partial charge in [0.05, 0.1) is 25.9 Å². The zero-order valence-electron chi connectivity index (χ0n) is 21.0. The van der Waals surface area contributed by atoms with Crippen molar-refractivity contribution in [3.8, 4) is 0 Å². The Balaban J connectivity index is 0.000000161. The summed E-state index contributed by atoms with van der Waals surface area (Å²) in [5.41, 5.74) is -1.70. The largest absolute Gasteiger partial charge is 0.394 e. The number of fused-ring (bicyclic) bond motifs is 2. The quantitative estimate of drug-likeness (QED) is 0.154. The molecule has 216 valence electrons. The number of halogens is 2. The highest BCUT2D eigenvalue weighted by atomic mass is 35.5. The lowest BCUT2D eigenvalue weighted by Gasteiger charge is -2.27. The summed E-state index contributed by atoms with van der Waals surface area (Å²) in [6, 6.07) is 0. The number of hydrogen-bond acceptors (Lipinski definition) is 14. The van der Waals surface area contributed by atoms with Crippen LogP contribution < -0.4 is 0 Å². The molecule has 0 amide bonds. The van der Waals surface area contributed by atoms with E-state index in [9.17, 15) is 30.6 Å². The summed E-state index contributed by atoms with van der Waals surface area (Å²) in [7, 11) is 0. The highest BCUT2D eigenvalue weighted by Gasteiger charge is 2.54. The van der Waals surface area contributed by atoms with Gasteiger partial charge >= 0.3 is 0 Å². The molecule has 6 heterocycles. The summed E-state index contributed by atoms with van der Waals surface area (Å²) in [6.07, 6.45) is -0.766. The van der Waals surface area contributed by atoms with E-state index in [1.165, 1.54) is 48.3 Å². The minimum absolute atomic E-state index is 0.186. The van der Waals surface area contributed by atoms with Crippen molar-refractivity contribution >= 4 is 45.5 Å². The lowest BCUT2D eigenvalue weighted by atomic mass is 9.96. The van der Waals surface area contributed by atoms with Crippen molar-refractivity contribution in [3.05, 3.63) is 35.6 Å². The van der Waals surface area contributed by atoms with E-state index in [0.29, 0.717) is 22.3 Å². The van der Waals surface area contributed by atoms with Gasteiger partial charge in [0.25, 0.3) is 0 Å². The molecule has 2 fully saturated rings. The first-order chi connectivity index (χ1) is 18.9. The highest BCUT2D eigenvalue weighted by Crippen LogP contribution is 2.40. The molecule has 8 atom stereocenters. The van der Waals surface area contributed by atoms with E-state index >= 15 is 0 Å². The van der Waals surface area contributed by atoms with Gasteiger partial charge in [0.1, 0.15) is 59.3 Å². The van der Waals surface area contributed by atoms with Crippen LogP contribution in [0.4, 0.5) is 0 Å². The molecule has 16 nitrogen and oxygen atoms in total. The molecular weight excluding hydrogens is 575 g/mol. The number of ether oxygens (including phenoxy) is 2. The van der Waals surface area contributed by atoms with Crippen molar-refractivity contribution in [1.82, 2.24) is 39.0 Å². The van der Waals surface area contributed by atoms with E-state index in [1.807, 2.05) is 0 Å². The SMILES string of the molecule is C[C@]1(O)[C@H](O)[C@@H](CO)O[C@@H]1n1cnc2c(Cl)ncnc21.C[C@]1(O)[C@H](O)[C@@H](CO)O[C@H]1n1cnc2c(Cl)ncnc21. The molecule has 6 rings (SSSR count). The van der Waals surface area contributed by atoms with Crippen LogP contribution >= 0.6 is 23.2 Å². The molecule has 0 unspecified atom stereocenters. The molecule has 0 saturated carbocycles. The summed E-state index contributed by atoms with van der Waals surface area (Å²) in [5.74, 6) is 0. The van der Waals surface area contributed by atoms with E-state index in [4.69, 9.17) is 32.7 Å². The smallest absolute Gasteiger partial charge is 0.168 e. The molecule has 2 aliphatic heterocycles. The second-order valence-electron chi connectivity index (χ2n) is 9.74. The zero-order valence-corrected chi connectivity index (χ0v) is 22.5. The van der Waals surface area contributed by atoms with Crippen molar-refractivity contribution in [2.45, 2.75) is 61.9 Å². The number of hydrogen-bond donors (Lipinski definition) is 6. The third-order valence-electron chi connectivity index (χ3n) is 7.00. The second-order valence-corrected chi connectivity index (χ2v) is 10.5. The molecule has 40 heavy (non-hydrogen) atoms. The van der Waals surface area contributed by atoms with Crippen LogP contribution in [0.25, 0.3) is 22.3 Å². The van der Waals surface area contributed by atoms with Crippen molar-refractivity contribution in [2.24, 2.45) is 0 Å². The first kappa shape index (κ1) is 28.9. The monoisotopic (exact) mass is 600 g/mol. The summed E-state index contributed by atoms with van der Waals surface area (Å²) >= 11 is 11.8. The Morgan fingerprint density at radius 1 is 0.725 bits per heavy atom. The minimum atomic E-state index is -1.60. The van der Waals surface area contributed by atoms with E-state index < -0.39 is 61.3 Å². The van der Waals surface area contributed by atoms with Crippen LogP contribution in [0, 0.1) is 0 Å². The Labute approximate surface area is 235 Å². The number of imidazole rings is 2. The Morgan fingerprint density at radius 3 is 1.43 bits per heavy atom. The maximum atomic E-state index is 10.4. The summed E-state index contributed by atoms with van der Waals surface area (Å²) < 4.78 is 13.9. The predicted octanol–water partition coefficient (Wildman–Crippen LogP) is -1.04. The van der Waals surface area contributed by atoms with E-state index in [-0.39, 0.29) is 10.3 Å². The molecule has 2 saturated heterocycles. The molecule has 4 aromatic rings. The Hall–Kier alpha value is -2.64. The van der Waals surface area contributed by atoms with Crippen LogP contribution in [-0.4, -0.2) is 119 Å². The molecule has 0 spiro atoms. The van der Waals surface area contributed by atoms with Gasteiger partial charge in [0.2, 0.25) is 0 Å². The van der Waals surface area contributed by atoms with Gasteiger partial charge in [-0.1, -0.05) is 23.2 Å². The number of nitrogens with zero attached hydrogens (tertiary/aromatic N) is 8. The molecular formula is C22H26Cl2N8O8. The Bertz CT molecular complexity index is 1400. The average Bonchev–Trinajstić information content (AvgIpc) is 3.65. The molecule has 2 aliphatic rings. The van der Waals surface area contributed by atoms with Crippen molar-refractivity contribution in [1.29, 1.82) is 0 Å². The second kappa shape index (κ2) is 10.6. The van der Waals surface area contributed by atoms with Crippen LogP contribution in [0.15, 0.2) is 25.3 Å². The molecule has 0 radical (unpaired) electrons. The topological polar surface area (TPSA) is 227 Å². The normalized spacial score (nSPS) is 34.0. The zero-order chi connectivity index (χ0) is 29.0. The fraction of sp³-hybridized carbons (Fsp3) is 0.545. The van der Waals surface area contributed by atoms with Gasteiger partial charge in [0.15, 0.2) is 34.1 Å². The van der Waals surface area contributed by atoms with Gasteiger partial charge in [-0.05, 0) is 13.8 Å². The van der Waals surface area contributed by atoms with Crippen LogP contribution in [0.2, 0.25) is 10.3 Å². The maximum Gasteiger partial charge on any atom is 0.168 e. The van der Waals surface area contributed by atoms with Gasteiger partial charge in [0, 0.05) is 0 Å². The van der Waals surface area contributed by atoms with Gasteiger partial charge in [-0.3, -0.25) is 9.13 Å². The maximum absolute atomic E-state index is 10.4. The van der Waals surface area contributed by atoms with Crippen molar-refractivity contribution in [2.75, 3.05) is 13.2 Å². The summed E-state index contributed by atoms with van der Waals surface area (Å²) in [6.45, 7) is 2.03. The number of aliphatic hydroxyl groups excluding tert-OH is 4. The van der Waals surface area contributed by atoms with Crippen LogP contribution in [0.5, 0.6) is 0 Å². The molecule has 0 aliphatic carbocycles. The third kappa shape index (κ3) is 4.59. The molecule has 4 aromatic heterocycles. The summed E-state index contributed by atoms with van der Waals surface area (Å²) in [4.78, 5) is 23.9.